The maximum absolute atomic E-state index is 13.3. The van der Waals surface area contributed by atoms with E-state index in [1.807, 2.05) is 43.3 Å². The third-order valence-corrected chi connectivity index (χ3v) is 5.55. The Kier molecular flexibility index (Phi) is 6.70. The van der Waals surface area contributed by atoms with Crippen molar-refractivity contribution in [1.29, 1.82) is 0 Å². The molecule has 0 spiro atoms. The number of aryl methyl sites for hydroxylation is 1. The van der Waals surface area contributed by atoms with Crippen LogP contribution in [0.1, 0.15) is 31.1 Å². The third-order valence-electron chi connectivity index (χ3n) is 5.55. The van der Waals surface area contributed by atoms with Gasteiger partial charge in [0.2, 0.25) is 5.91 Å². The van der Waals surface area contributed by atoms with Gasteiger partial charge in [-0.2, -0.15) is 5.10 Å². The second-order valence-corrected chi connectivity index (χ2v) is 7.90. The number of hydrogen-bond acceptors (Lipinski definition) is 4. The molecule has 0 radical (unpaired) electrons. The first-order valence-corrected chi connectivity index (χ1v) is 10.9. The normalized spacial score (nSPS) is 13.0. The number of nitrogens with zero attached hydrogens (tertiary/aromatic N) is 2. The molecule has 0 aliphatic heterocycles. The zero-order valence-corrected chi connectivity index (χ0v) is 18.5. The highest BCUT2D eigenvalue weighted by molar-refractivity contribution is 5.81. The number of amides is 1. The lowest BCUT2D eigenvalue weighted by molar-refractivity contribution is -0.125. The Morgan fingerprint density at radius 3 is 2.67 bits per heavy atom. The largest absolute Gasteiger partial charge is 0.484 e. The van der Waals surface area contributed by atoms with Crippen molar-refractivity contribution in [1.82, 2.24) is 15.1 Å². The Bertz CT molecular complexity index is 1250. The van der Waals surface area contributed by atoms with Gasteiger partial charge in [-0.15, -0.1) is 0 Å². The van der Waals surface area contributed by atoms with Gasteiger partial charge >= 0.3 is 0 Å². The summed E-state index contributed by atoms with van der Waals surface area (Å²) in [5.41, 5.74) is 3.72. The van der Waals surface area contributed by atoms with Crippen LogP contribution in [-0.4, -0.2) is 33.4 Å². The summed E-state index contributed by atoms with van der Waals surface area (Å²) in [5.74, 6) is -0.136. The average Bonchev–Trinajstić information content (AvgIpc) is 3.26. The minimum absolute atomic E-state index is 0.300. The Morgan fingerprint density at radius 1 is 1.15 bits per heavy atom. The maximum atomic E-state index is 13.3. The molecule has 3 aromatic carbocycles. The average molecular weight is 448 g/mol. The third kappa shape index (κ3) is 5.04. The van der Waals surface area contributed by atoms with E-state index in [-0.39, 0.29) is 11.9 Å². The highest BCUT2D eigenvalue weighted by Gasteiger charge is 2.23. The summed E-state index contributed by atoms with van der Waals surface area (Å²) in [4.78, 5) is 11.8. The van der Waals surface area contributed by atoms with Gasteiger partial charge in [0.25, 0.3) is 0 Å². The number of carbonyl (C=O) groups is 1. The van der Waals surface area contributed by atoms with Crippen LogP contribution in [0.15, 0.2) is 72.9 Å². The molecule has 1 amide bonds. The first kappa shape index (κ1) is 22.5. The van der Waals surface area contributed by atoms with E-state index in [0.717, 1.165) is 34.1 Å². The number of aliphatic hydroxyl groups excluding tert-OH is 1. The van der Waals surface area contributed by atoms with Crippen molar-refractivity contribution in [2.75, 3.05) is 6.61 Å². The van der Waals surface area contributed by atoms with Gasteiger partial charge in [0.1, 0.15) is 24.3 Å². The summed E-state index contributed by atoms with van der Waals surface area (Å²) in [7, 11) is 0. The number of carbonyl (C=O) groups excluding carboxylic acids is 1. The molecule has 1 aromatic heterocycles. The van der Waals surface area contributed by atoms with Crippen LogP contribution in [0.3, 0.4) is 0 Å². The van der Waals surface area contributed by atoms with E-state index in [0.29, 0.717) is 5.75 Å². The fraction of sp³-hybridized carbons (Fsp3) is 0.231. The monoisotopic (exact) mass is 447 g/mol. The highest BCUT2D eigenvalue weighted by Crippen LogP contribution is 2.29. The van der Waals surface area contributed by atoms with E-state index in [4.69, 9.17) is 9.84 Å². The van der Waals surface area contributed by atoms with Crippen LogP contribution in [0.2, 0.25) is 0 Å². The zero-order valence-electron chi connectivity index (χ0n) is 18.5. The van der Waals surface area contributed by atoms with Crippen LogP contribution in [0.4, 0.5) is 4.39 Å². The highest BCUT2D eigenvalue weighted by atomic mass is 19.1. The molecule has 7 heteroatoms. The van der Waals surface area contributed by atoms with Crippen molar-refractivity contribution in [2.24, 2.45) is 0 Å². The molecule has 0 aliphatic rings. The van der Waals surface area contributed by atoms with Crippen molar-refractivity contribution < 1.29 is 19.0 Å². The molecule has 0 aliphatic carbocycles. The van der Waals surface area contributed by atoms with E-state index in [2.05, 4.69) is 23.4 Å². The molecule has 33 heavy (non-hydrogen) atoms. The Labute approximate surface area is 191 Å². The van der Waals surface area contributed by atoms with Crippen LogP contribution in [0, 0.1) is 5.82 Å². The summed E-state index contributed by atoms with van der Waals surface area (Å²) in [6.07, 6.45) is 2.15. The van der Waals surface area contributed by atoms with Gasteiger partial charge in [-0.3, -0.25) is 4.79 Å². The molecule has 0 saturated heterocycles. The maximum Gasteiger partial charge on any atom is 0.246 e. The topological polar surface area (TPSA) is 76.4 Å². The number of benzene rings is 3. The minimum Gasteiger partial charge on any atom is -0.484 e. The lowest BCUT2D eigenvalue weighted by Crippen LogP contribution is -2.40. The van der Waals surface area contributed by atoms with Crippen LogP contribution < -0.4 is 10.1 Å². The fourth-order valence-electron chi connectivity index (χ4n) is 3.84. The first-order valence-electron chi connectivity index (χ1n) is 10.9. The van der Waals surface area contributed by atoms with Crippen molar-refractivity contribution in [3.8, 4) is 11.4 Å². The molecule has 0 bridgehead atoms. The zero-order chi connectivity index (χ0) is 23.4. The molecule has 0 fully saturated rings. The standard InChI is InChI=1S/C26H26FN3O3/c1-3-18-5-4-6-19(13-18)26(17(2)29-25(32)16-31)33-23-11-12-24-20(14-23)15-28-30(24)22-9-7-21(27)8-10-22/h4-15,17,26,31H,3,16H2,1-2H3,(H,29,32)/t17-,26?/m0/s1. The molecule has 4 rings (SSSR count). The molecule has 2 atom stereocenters. The van der Waals surface area contributed by atoms with Crippen molar-refractivity contribution >= 4 is 16.8 Å². The minimum atomic E-state index is -0.583. The summed E-state index contributed by atoms with van der Waals surface area (Å²) < 4.78 is 21.4. The van der Waals surface area contributed by atoms with Crippen LogP contribution in [-0.2, 0) is 11.2 Å². The number of rotatable bonds is 8. The smallest absolute Gasteiger partial charge is 0.246 e. The van der Waals surface area contributed by atoms with Gasteiger partial charge < -0.3 is 15.2 Å². The van der Waals surface area contributed by atoms with Gasteiger partial charge in [-0.05, 0) is 66.9 Å². The van der Waals surface area contributed by atoms with Crippen molar-refractivity contribution in [3.05, 3.63) is 89.9 Å². The molecule has 6 nitrogen and oxygen atoms in total. The summed E-state index contributed by atoms with van der Waals surface area (Å²) in [6, 6.07) is 19.5. The molecule has 1 unspecified atom stereocenters. The van der Waals surface area contributed by atoms with Crippen molar-refractivity contribution in [2.45, 2.75) is 32.4 Å². The van der Waals surface area contributed by atoms with E-state index in [9.17, 15) is 9.18 Å². The van der Waals surface area contributed by atoms with E-state index >= 15 is 0 Å². The fourth-order valence-corrected chi connectivity index (χ4v) is 3.84. The molecular weight excluding hydrogens is 421 g/mol. The number of aromatic nitrogens is 2. The molecule has 0 saturated carbocycles. The molecule has 170 valence electrons. The van der Waals surface area contributed by atoms with Crippen molar-refractivity contribution in [3.63, 3.8) is 0 Å². The van der Waals surface area contributed by atoms with E-state index < -0.39 is 18.6 Å². The Balaban J connectivity index is 1.65. The van der Waals surface area contributed by atoms with E-state index in [1.54, 1.807) is 23.0 Å². The molecule has 2 N–H and O–H groups in total. The number of fused-ring (bicyclic) bond motifs is 1. The van der Waals surface area contributed by atoms with Gasteiger partial charge in [-0.25, -0.2) is 9.07 Å². The number of nitrogens with one attached hydrogen (secondary N) is 1. The van der Waals surface area contributed by atoms with Crippen LogP contribution >= 0.6 is 0 Å². The molecular formula is C26H26FN3O3. The summed E-state index contributed by atoms with van der Waals surface area (Å²) in [6.45, 7) is 3.35. The predicted molar refractivity (Wildman–Crippen MR) is 125 cm³/mol. The SMILES string of the molecule is CCc1cccc(C(Oc2ccc3c(cnn3-c3ccc(F)cc3)c2)[C@H](C)NC(=O)CO)c1. The number of halogens is 1. The van der Waals surface area contributed by atoms with Gasteiger partial charge in [-0.1, -0.05) is 31.2 Å². The quantitative estimate of drug-likeness (QED) is 0.421. The Morgan fingerprint density at radius 2 is 1.94 bits per heavy atom. The second-order valence-electron chi connectivity index (χ2n) is 7.90. The summed E-state index contributed by atoms with van der Waals surface area (Å²) >= 11 is 0. The lowest BCUT2D eigenvalue weighted by atomic mass is 10.00. The number of aliphatic hydroxyl groups is 1. The van der Waals surface area contributed by atoms with Gasteiger partial charge in [0.05, 0.1) is 23.4 Å². The second kappa shape index (κ2) is 9.83. The molecule has 1 heterocycles. The predicted octanol–water partition coefficient (Wildman–Crippen LogP) is 4.34. The number of hydrogen-bond donors (Lipinski definition) is 2. The van der Waals surface area contributed by atoms with E-state index in [1.165, 1.54) is 12.1 Å². The number of ether oxygens (including phenoxy) is 1. The van der Waals surface area contributed by atoms with Gasteiger partial charge in [0.15, 0.2) is 0 Å². The van der Waals surface area contributed by atoms with Crippen LogP contribution in [0.25, 0.3) is 16.6 Å². The van der Waals surface area contributed by atoms with Crippen LogP contribution in [0.5, 0.6) is 5.75 Å². The first-order chi connectivity index (χ1) is 16.0. The molecule has 4 aromatic rings. The summed E-state index contributed by atoms with van der Waals surface area (Å²) in [5, 5.41) is 17.2. The van der Waals surface area contributed by atoms with Gasteiger partial charge in [0, 0.05) is 5.39 Å². The Hall–Kier alpha value is -3.71. The lowest BCUT2D eigenvalue weighted by Gasteiger charge is -2.27.